The van der Waals surface area contributed by atoms with E-state index in [1.165, 1.54) is 0 Å². The van der Waals surface area contributed by atoms with Gasteiger partial charge < -0.3 is 41.1 Å². The zero-order valence-corrected chi connectivity index (χ0v) is 37.1. The summed E-state index contributed by atoms with van der Waals surface area (Å²) in [7, 11) is 7.24. The van der Waals surface area contributed by atoms with Gasteiger partial charge in [0.2, 0.25) is 11.8 Å². The van der Waals surface area contributed by atoms with Crippen molar-refractivity contribution >= 4 is 23.4 Å². The first kappa shape index (κ1) is 46.5. The van der Waals surface area contributed by atoms with Gasteiger partial charge in [-0.15, -0.1) is 0 Å². The van der Waals surface area contributed by atoms with Crippen molar-refractivity contribution in [1.82, 2.24) is 20.6 Å². The van der Waals surface area contributed by atoms with Crippen molar-refractivity contribution in [2.45, 2.75) is 91.3 Å². The maximum Gasteiger partial charge on any atom is 0.251 e. The summed E-state index contributed by atoms with van der Waals surface area (Å²) in [4.78, 5) is 50.7. The van der Waals surface area contributed by atoms with Crippen LogP contribution in [0.2, 0.25) is 0 Å². The molecule has 3 amide bonds. The van der Waals surface area contributed by atoms with Gasteiger partial charge in [0.15, 0.2) is 0 Å². The van der Waals surface area contributed by atoms with E-state index in [9.17, 15) is 24.6 Å². The van der Waals surface area contributed by atoms with Gasteiger partial charge in [-0.2, -0.15) is 5.06 Å². The highest BCUT2D eigenvalue weighted by Gasteiger charge is 2.51. The van der Waals surface area contributed by atoms with Gasteiger partial charge in [-0.05, 0) is 86.4 Å². The normalized spacial score (nSPS) is 25.1. The molecule has 60 heavy (non-hydrogen) atoms. The van der Waals surface area contributed by atoms with Crippen LogP contribution < -0.4 is 26.0 Å². The molecule has 328 valence electrons. The van der Waals surface area contributed by atoms with Gasteiger partial charge in [-0.1, -0.05) is 83.1 Å². The molecule has 0 radical (unpaired) electrons. The number of amides is 3. The van der Waals surface area contributed by atoms with Crippen LogP contribution in [0.4, 0.5) is 5.69 Å². The summed E-state index contributed by atoms with van der Waals surface area (Å²) in [5.41, 5.74) is 9.82. The number of aliphatic hydroxyl groups is 2. The number of benzene rings is 3. The van der Waals surface area contributed by atoms with E-state index < -0.39 is 30.1 Å². The van der Waals surface area contributed by atoms with E-state index in [-0.39, 0.29) is 54.9 Å². The van der Waals surface area contributed by atoms with Crippen molar-refractivity contribution in [1.29, 1.82) is 0 Å². The second-order valence-corrected chi connectivity index (χ2v) is 18.1. The highest BCUT2D eigenvalue weighted by atomic mass is 16.7. The van der Waals surface area contributed by atoms with Crippen molar-refractivity contribution in [3.05, 3.63) is 83.4 Å². The zero-order chi connectivity index (χ0) is 44.1. The molecule has 0 unspecified atom stereocenters. The molecule has 1 aliphatic heterocycles. The van der Waals surface area contributed by atoms with Crippen molar-refractivity contribution in [3.8, 4) is 16.9 Å². The van der Waals surface area contributed by atoms with Gasteiger partial charge >= 0.3 is 0 Å². The summed E-state index contributed by atoms with van der Waals surface area (Å²) >= 11 is 0. The highest BCUT2D eigenvalue weighted by molar-refractivity contribution is 5.97. The number of nitrogens with two attached hydrogens (primary N) is 1. The summed E-state index contributed by atoms with van der Waals surface area (Å²) in [6, 6.07) is 19.9. The highest BCUT2D eigenvalue weighted by Crippen LogP contribution is 2.48. The minimum absolute atomic E-state index is 0.0686. The van der Waals surface area contributed by atoms with Gasteiger partial charge in [-0.25, -0.2) is 0 Å². The molecule has 9 atom stereocenters. The topological polar surface area (TPSA) is 170 Å². The van der Waals surface area contributed by atoms with Crippen LogP contribution >= 0.6 is 0 Å². The van der Waals surface area contributed by atoms with Crippen LogP contribution in [0.5, 0.6) is 5.75 Å². The summed E-state index contributed by atoms with van der Waals surface area (Å²) < 4.78 is 6.11. The maximum atomic E-state index is 14.4. The first-order valence-electron chi connectivity index (χ1n) is 21.2. The lowest BCUT2D eigenvalue weighted by Gasteiger charge is -2.50. The Balaban J connectivity index is 1.50. The molecule has 3 aromatic carbocycles. The first-order valence-corrected chi connectivity index (χ1v) is 21.2. The molecule has 0 spiro atoms. The fraction of sp³-hybridized carbons (Fsp3) is 0.553. The van der Waals surface area contributed by atoms with Crippen molar-refractivity contribution < 1.29 is 34.2 Å². The summed E-state index contributed by atoms with van der Waals surface area (Å²) in [6.45, 7) is 13.1. The molecule has 1 heterocycles. The SMILES string of the molecule is COc1c(CN2O[C@@H](CO)[C@@H]([C@H](C)O)[C@H]2C(=O)N[C@H]2C[C@@H](C)C(C)(C)[C@@H](C)[C@@H]2C)cccc1-c1cc(C(=O)N[C@@H](Cc2ccccc2)CN(C)C)cc(N(C)CC(N)=O)c1. The Morgan fingerprint density at radius 2 is 1.73 bits per heavy atom. The Bertz CT molecular complexity index is 1940. The quantitative estimate of drug-likeness (QED) is 0.131. The number of ether oxygens (including phenoxy) is 1. The number of nitrogens with zero attached hydrogens (tertiary/aromatic N) is 3. The molecular weight excluding hydrogens is 761 g/mol. The molecule has 1 saturated carbocycles. The number of hydrogen-bond donors (Lipinski definition) is 5. The fourth-order valence-electron chi connectivity index (χ4n) is 9.27. The van der Waals surface area contributed by atoms with E-state index in [0.717, 1.165) is 12.0 Å². The molecule has 2 aliphatic rings. The van der Waals surface area contributed by atoms with Gasteiger partial charge in [-0.3, -0.25) is 19.2 Å². The summed E-state index contributed by atoms with van der Waals surface area (Å²) in [5.74, 6) is -0.308. The van der Waals surface area contributed by atoms with Crippen LogP contribution in [0, 0.1) is 29.1 Å². The van der Waals surface area contributed by atoms with Crippen molar-refractivity contribution in [3.63, 3.8) is 0 Å². The van der Waals surface area contributed by atoms with Gasteiger partial charge in [0, 0.05) is 54.0 Å². The van der Waals surface area contributed by atoms with Crippen LogP contribution in [-0.4, -0.2) is 116 Å². The van der Waals surface area contributed by atoms with Crippen LogP contribution in [-0.2, 0) is 27.4 Å². The molecule has 0 aromatic heterocycles. The van der Waals surface area contributed by atoms with Crippen molar-refractivity contribution in [2.24, 2.45) is 34.8 Å². The number of methoxy groups -OCH3 is 1. The zero-order valence-electron chi connectivity index (χ0n) is 37.1. The van der Waals surface area contributed by atoms with Gasteiger partial charge in [0.25, 0.3) is 5.91 Å². The third-order valence-corrected chi connectivity index (χ3v) is 13.4. The Morgan fingerprint density at radius 1 is 1.03 bits per heavy atom. The Labute approximate surface area is 356 Å². The number of para-hydroxylation sites is 1. The van der Waals surface area contributed by atoms with Gasteiger partial charge in [0.1, 0.15) is 17.9 Å². The predicted molar refractivity (Wildman–Crippen MR) is 235 cm³/mol. The number of likely N-dealkylation sites (N-methyl/N-ethyl adjacent to an activating group) is 2. The van der Waals surface area contributed by atoms with Crippen LogP contribution in [0.25, 0.3) is 11.1 Å². The smallest absolute Gasteiger partial charge is 0.251 e. The lowest BCUT2D eigenvalue weighted by molar-refractivity contribution is -0.182. The number of aliphatic hydroxyl groups excluding tert-OH is 2. The number of hydroxylamine groups is 2. The number of rotatable bonds is 17. The van der Waals surface area contributed by atoms with Crippen LogP contribution in [0.15, 0.2) is 66.7 Å². The number of anilines is 1. The third-order valence-electron chi connectivity index (χ3n) is 13.4. The molecule has 13 heteroatoms. The summed E-state index contributed by atoms with van der Waals surface area (Å²) in [6.07, 6.45) is -0.304. The van der Waals surface area contributed by atoms with E-state index in [1.807, 2.05) is 73.6 Å². The Kier molecular flexibility index (Phi) is 15.4. The molecule has 1 saturated heterocycles. The monoisotopic (exact) mass is 829 g/mol. The minimum Gasteiger partial charge on any atom is -0.496 e. The van der Waals surface area contributed by atoms with Crippen LogP contribution in [0.1, 0.15) is 69.4 Å². The number of hydrogen-bond acceptors (Lipinski definition) is 10. The first-order chi connectivity index (χ1) is 28.4. The molecule has 2 fully saturated rings. The second kappa shape index (κ2) is 19.9. The molecule has 5 rings (SSSR count). The molecular formula is C47H68N6O7. The predicted octanol–water partition coefficient (Wildman–Crippen LogP) is 4.48. The maximum absolute atomic E-state index is 14.4. The molecule has 6 N–H and O–H groups in total. The lowest BCUT2D eigenvalue weighted by atomic mass is 9.58. The number of carbonyl (C=O) groups excluding carboxylic acids is 3. The molecule has 0 bridgehead atoms. The Hall–Kier alpha value is -4.53. The van der Waals surface area contributed by atoms with E-state index >= 15 is 0 Å². The van der Waals surface area contributed by atoms with E-state index in [2.05, 4.69) is 45.3 Å². The van der Waals surface area contributed by atoms with Gasteiger partial charge in [0.05, 0.1) is 32.9 Å². The number of carbonyl (C=O) groups is 3. The molecule has 1 aliphatic carbocycles. The van der Waals surface area contributed by atoms with E-state index in [0.29, 0.717) is 58.5 Å². The van der Waals surface area contributed by atoms with E-state index in [1.54, 1.807) is 43.2 Å². The van der Waals surface area contributed by atoms with E-state index in [4.69, 9.17) is 15.3 Å². The largest absolute Gasteiger partial charge is 0.496 e. The molecule has 3 aromatic rings. The average Bonchev–Trinajstić information content (AvgIpc) is 3.57. The third kappa shape index (κ3) is 10.7. The molecule has 13 nitrogen and oxygen atoms in total. The second-order valence-electron chi connectivity index (χ2n) is 18.1. The fourth-order valence-corrected chi connectivity index (χ4v) is 9.27. The lowest BCUT2D eigenvalue weighted by Crippen LogP contribution is -2.56. The van der Waals surface area contributed by atoms with Crippen molar-refractivity contribution in [2.75, 3.05) is 52.8 Å². The minimum atomic E-state index is -0.952. The Morgan fingerprint density at radius 3 is 2.35 bits per heavy atom. The summed E-state index contributed by atoms with van der Waals surface area (Å²) in [5, 5.41) is 29.6. The number of nitrogens with one attached hydrogen (secondary N) is 2. The standard InChI is InChI=1S/C47H68N6O7/c1-28-19-39(29(2)30(3)47(28,5)6)50-46(58)43-42(31(4)55)40(27-54)60-53(43)24-33-17-14-18-38(44(33)59-10)34-21-35(23-37(22-34)52(9)26-41(48)56)45(57)49-36(25-51(7)8)20-32-15-12-11-13-16-32/h11-18,21-23,28-31,36,39-40,42-43,54-55H,19-20,24-27H2,1-10H3,(H2,48,56)(H,49,57)(H,50,58)/t28-,29+,30+,31+,36+,39+,40+,42-,43+/m1/s1. The average molecular weight is 829 g/mol. The van der Waals surface area contributed by atoms with Crippen LogP contribution in [0.3, 0.4) is 0 Å². The number of primary amides is 1.